The molecule has 0 spiro atoms. The van der Waals surface area contributed by atoms with Gasteiger partial charge < -0.3 is 15.2 Å². The Hall–Kier alpha value is -2.70. The monoisotopic (exact) mass is 486 g/mol. The van der Waals surface area contributed by atoms with E-state index < -0.39 is 27.3 Å². The molecule has 10 nitrogen and oxygen atoms in total. The molecule has 1 saturated carbocycles. The second-order valence-corrected chi connectivity index (χ2v) is 9.79. The first-order valence-corrected chi connectivity index (χ1v) is 11.9. The van der Waals surface area contributed by atoms with Crippen molar-refractivity contribution < 1.29 is 22.4 Å². The Bertz CT molecular complexity index is 1120. The molecule has 0 atom stereocenters. The van der Waals surface area contributed by atoms with Crippen LogP contribution in [0.1, 0.15) is 30.1 Å². The number of halogens is 2. The maximum atomic E-state index is 14.4. The molecule has 1 aliphatic carbocycles. The molecule has 1 aliphatic rings. The van der Waals surface area contributed by atoms with Gasteiger partial charge in [-0.3, -0.25) is 10.2 Å². The molecule has 13 heteroatoms. The molecule has 0 aliphatic heterocycles. The molecular formula is C19H24ClFN6O4S. The van der Waals surface area contributed by atoms with Gasteiger partial charge in [0.15, 0.2) is 5.82 Å². The fourth-order valence-corrected chi connectivity index (χ4v) is 4.84. The summed E-state index contributed by atoms with van der Waals surface area (Å²) in [4.78, 5) is 30.0. The Kier molecular flexibility index (Phi) is 7.36. The predicted octanol–water partition coefficient (Wildman–Crippen LogP) is 1.54. The fraction of sp³-hybridized carbons (Fsp3) is 0.421. The van der Waals surface area contributed by atoms with Crippen molar-refractivity contribution in [3.63, 3.8) is 0 Å². The lowest BCUT2D eigenvalue weighted by Gasteiger charge is -2.35. The van der Waals surface area contributed by atoms with Crippen LogP contribution in [0.15, 0.2) is 24.7 Å². The molecule has 0 radical (unpaired) electrons. The zero-order valence-electron chi connectivity index (χ0n) is 17.5. The number of sulfonamides is 1. The largest absolute Gasteiger partial charge is 0.340 e. The second kappa shape index (κ2) is 9.84. The summed E-state index contributed by atoms with van der Waals surface area (Å²) in [6, 6.07) is 2.19. The van der Waals surface area contributed by atoms with Crippen LogP contribution in [0.25, 0.3) is 11.3 Å². The predicted molar refractivity (Wildman–Crippen MR) is 117 cm³/mol. The third-order valence-corrected chi connectivity index (χ3v) is 6.56. The number of carbonyl (C=O) groups is 2. The highest BCUT2D eigenvalue weighted by Gasteiger charge is 2.34. The minimum absolute atomic E-state index is 0.0954. The average molecular weight is 487 g/mol. The van der Waals surface area contributed by atoms with Crippen LogP contribution in [-0.2, 0) is 17.1 Å². The van der Waals surface area contributed by atoms with Crippen molar-refractivity contribution in [2.45, 2.75) is 25.8 Å². The van der Waals surface area contributed by atoms with Crippen molar-refractivity contribution in [1.82, 2.24) is 30.4 Å². The van der Waals surface area contributed by atoms with Gasteiger partial charge >= 0.3 is 6.03 Å². The first-order chi connectivity index (χ1) is 15.1. The molecule has 1 aromatic carbocycles. The molecule has 0 unspecified atom stereocenters. The highest BCUT2D eigenvalue weighted by atomic mass is 35.5. The van der Waals surface area contributed by atoms with Gasteiger partial charge in [-0.25, -0.2) is 22.6 Å². The van der Waals surface area contributed by atoms with Crippen LogP contribution >= 0.6 is 11.6 Å². The summed E-state index contributed by atoms with van der Waals surface area (Å²) in [6.45, 7) is 2.29. The van der Waals surface area contributed by atoms with E-state index in [0.29, 0.717) is 30.6 Å². The number of imidazole rings is 1. The van der Waals surface area contributed by atoms with E-state index >= 15 is 0 Å². The minimum Gasteiger partial charge on any atom is -0.340 e. The quantitative estimate of drug-likeness (QED) is 0.420. The van der Waals surface area contributed by atoms with Gasteiger partial charge in [0, 0.05) is 31.4 Å². The Morgan fingerprint density at radius 2 is 2.03 bits per heavy atom. The first kappa shape index (κ1) is 24.0. The van der Waals surface area contributed by atoms with Crippen LogP contribution in [0, 0.1) is 11.7 Å². The van der Waals surface area contributed by atoms with Gasteiger partial charge in [0.05, 0.1) is 28.4 Å². The summed E-state index contributed by atoms with van der Waals surface area (Å²) in [7, 11) is -2.12. The number of rotatable bonds is 8. The molecule has 3 amide bonds. The molecule has 0 bridgehead atoms. The number of benzene rings is 1. The van der Waals surface area contributed by atoms with Crippen molar-refractivity contribution in [3.8, 4) is 11.3 Å². The summed E-state index contributed by atoms with van der Waals surface area (Å²) >= 11 is 5.91. The zero-order chi connectivity index (χ0) is 23.5. The molecule has 3 rings (SSSR count). The Morgan fingerprint density at radius 3 is 2.66 bits per heavy atom. The van der Waals surface area contributed by atoms with E-state index in [-0.39, 0.29) is 28.8 Å². The number of nitrogens with zero attached hydrogens (tertiary/aromatic N) is 2. The van der Waals surface area contributed by atoms with Crippen LogP contribution < -0.4 is 20.9 Å². The number of carbonyl (C=O) groups excluding carboxylic acids is 2. The fourth-order valence-electron chi connectivity index (χ4n) is 3.39. The summed E-state index contributed by atoms with van der Waals surface area (Å²) in [6.07, 6.45) is 4.21. The maximum absolute atomic E-state index is 14.4. The zero-order valence-corrected chi connectivity index (χ0v) is 19.1. The van der Waals surface area contributed by atoms with Crippen LogP contribution in [0.5, 0.6) is 0 Å². The summed E-state index contributed by atoms with van der Waals surface area (Å²) in [5, 5.41) is 5.06. The third kappa shape index (κ3) is 5.96. The summed E-state index contributed by atoms with van der Waals surface area (Å²) in [5.74, 6) is -2.37. The molecule has 1 heterocycles. The number of nitrogens with one attached hydrogen (secondary N) is 4. The molecule has 174 valence electrons. The third-order valence-electron chi connectivity index (χ3n) is 4.96. The number of hydrogen-bond donors (Lipinski definition) is 4. The lowest BCUT2D eigenvalue weighted by Crippen LogP contribution is -2.51. The van der Waals surface area contributed by atoms with Crippen molar-refractivity contribution in [1.29, 1.82) is 0 Å². The Balaban J connectivity index is 1.57. The molecule has 0 saturated heterocycles. The van der Waals surface area contributed by atoms with E-state index in [1.807, 2.05) is 10.3 Å². The summed E-state index contributed by atoms with van der Waals surface area (Å²) in [5.41, 5.74) is 2.49. The van der Waals surface area contributed by atoms with Gasteiger partial charge in [-0.15, -0.1) is 4.83 Å². The number of aromatic nitrogens is 2. The number of aryl methyl sites for hydroxylation is 1. The van der Waals surface area contributed by atoms with Crippen LogP contribution in [0.2, 0.25) is 5.02 Å². The molecule has 4 N–H and O–H groups in total. The van der Waals surface area contributed by atoms with Gasteiger partial charge in [0.1, 0.15) is 0 Å². The van der Waals surface area contributed by atoms with E-state index in [4.69, 9.17) is 11.6 Å². The van der Waals surface area contributed by atoms with Gasteiger partial charge in [0.25, 0.3) is 5.91 Å². The number of hydrogen-bond acceptors (Lipinski definition) is 5. The maximum Gasteiger partial charge on any atom is 0.314 e. The van der Waals surface area contributed by atoms with E-state index in [1.165, 1.54) is 18.5 Å². The van der Waals surface area contributed by atoms with Gasteiger partial charge in [-0.2, -0.15) is 0 Å². The van der Waals surface area contributed by atoms with Crippen LogP contribution in [0.4, 0.5) is 9.18 Å². The van der Waals surface area contributed by atoms with Crippen LogP contribution in [-0.4, -0.2) is 48.2 Å². The molecule has 1 fully saturated rings. The van der Waals surface area contributed by atoms with Gasteiger partial charge in [-0.1, -0.05) is 11.6 Å². The molecule has 32 heavy (non-hydrogen) atoms. The van der Waals surface area contributed by atoms with E-state index in [1.54, 1.807) is 24.7 Å². The Morgan fingerprint density at radius 1 is 1.31 bits per heavy atom. The van der Waals surface area contributed by atoms with Crippen molar-refractivity contribution in [2.75, 3.05) is 12.3 Å². The first-order valence-electron chi connectivity index (χ1n) is 9.89. The highest BCUT2D eigenvalue weighted by molar-refractivity contribution is 7.89. The smallest absolute Gasteiger partial charge is 0.314 e. The molecule has 1 aromatic heterocycles. The number of amides is 3. The van der Waals surface area contributed by atoms with E-state index in [2.05, 4.69) is 15.6 Å². The topological polar surface area (TPSA) is 134 Å². The summed E-state index contributed by atoms with van der Waals surface area (Å²) < 4.78 is 40.7. The average Bonchev–Trinajstić information content (AvgIpc) is 3.13. The van der Waals surface area contributed by atoms with E-state index in [0.717, 1.165) is 0 Å². The van der Waals surface area contributed by atoms with Crippen molar-refractivity contribution in [3.05, 3.63) is 41.1 Å². The van der Waals surface area contributed by atoms with Gasteiger partial charge in [0.2, 0.25) is 10.0 Å². The number of hydrazine groups is 1. The molecular weight excluding hydrogens is 463 g/mol. The normalized spacial score (nSPS) is 18.0. The minimum atomic E-state index is -3.87. The molecule has 2 aromatic rings. The lowest BCUT2D eigenvalue weighted by atomic mass is 9.82. The standard InChI is InChI=1S/C19H24ClFN6O4S/c1-3-22-19(29)24-13-4-11(5-13)9-32(30,31)26-25-18(28)14-6-12(7-15(20)17(14)21)16-8-27(2)10-23-16/h6-8,10-11,13,26H,3-5,9H2,1-2H3,(H,25,28)(H2,22,24,29). The van der Waals surface area contributed by atoms with Crippen molar-refractivity contribution >= 4 is 33.6 Å². The van der Waals surface area contributed by atoms with E-state index in [9.17, 15) is 22.4 Å². The lowest BCUT2D eigenvalue weighted by molar-refractivity contribution is 0.0940. The Labute approximate surface area is 189 Å². The number of urea groups is 1. The van der Waals surface area contributed by atoms with Gasteiger partial charge in [-0.05, 0) is 37.8 Å². The SMILES string of the molecule is CCNC(=O)NC1CC(CS(=O)(=O)NNC(=O)c2cc(-c3cn(C)cn3)cc(Cl)c2F)C1. The van der Waals surface area contributed by atoms with Crippen LogP contribution in [0.3, 0.4) is 0 Å². The second-order valence-electron chi connectivity index (χ2n) is 7.62. The highest BCUT2D eigenvalue weighted by Crippen LogP contribution is 2.29. The van der Waals surface area contributed by atoms with Crippen molar-refractivity contribution in [2.24, 2.45) is 13.0 Å².